The van der Waals surface area contributed by atoms with Gasteiger partial charge >= 0.3 is 18.0 Å². The van der Waals surface area contributed by atoms with E-state index in [1.807, 2.05) is 10.3 Å². The number of nitrogens with zero attached hydrogens (tertiary/aromatic N) is 5. The number of ether oxygens (including phenoxy) is 1. The number of methoxy groups -OCH3 is 1. The molecule has 0 bridgehead atoms. The Morgan fingerprint density at radius 2 is 2.15 bits per heavy atom. The summed E-state index contributed by atoms with van der Waals surface area (Å²) in [6.45, 7) is 2.98. The third-order valence-corrected chi connectivity index (χ3v) is 7.48. The van der Waals surface area contributed by atoms with Crippen molar-refractivity contribution in [2.24, 2.45) is 4.99 Å². The summed E-state index contributed by atoms with van der Waals surface area (Å²) >= 11 is 1.45. The number of benzene rings is 1. The van der Waals surface area contributed by atoms with E-state index in [0.29, 0.717) is 49.8 Å². The summed E-state index contributed by atoms with van der Waals surface area (Å²) in [6.07, 6.45) is 1.70. The topological polar surface area (TPSA) is 128 Å². The second kappa shape index (κ2) is 11.2. The number of aromatic nitrogens is 1. The molecule has 2 aromatic rings. The van der Waals surface area contributed by atoms with Gasteiger partial charge in [-0.15, -0.1) is 11.3 Å². The number of hydrogen-bond acceptors (Lipinski definition) is 9. The van der Waals surface area contributed by atoms with Crippen LogP contribution in [-0.2, 0) is 9.53 Å². The molecule has 1 aromatic heterocycles. The van der Waals surface area contributed by atoms with Crippen LogP contribution in [0, 0.1) is 17.7 Å². The molecule has 202 valence electrons. The van der Waals surface area contributed by atoms with E-state index in [1.54, 1.807) is 11.1 Å². The Morgan fingerprint density at radius 1 is 1.31 bits per heavy atom. The second-order valence-electron chi connectivity index (χ2n) is 9.12. The molecule has 3 aliphatic rings. The van der Waals surface area contributed by atoms with E-state index in [1.165, 1.54) is 30.6 Å². The Labute approximate surface area is 227 Å². The molecule has 39 heavy (non-hydrogen) atoms. The maximum Gasteiger partial charge on any atom is 0.337 e. The minimum absolute atomic E-state index is 0.0579. The van der Waals surface area contributed by atoms with Gasteiger partial charge in [0.05, 0.1) is 42.9 Å². The number of rotatable bonds is 6. The largest absolute Gasteiger partial charge is 0.478 e. The minimum Gasteiger partial charge on any atom is -0.478 e. The molecule has 13 heteroatoms. The molecule has 2 N–H and O–H groups in total. The van der Waals surface area contributed by atoms with Gasteiger partial charge in [-0.3, -0.25) is 9.89 Å². The number of esters is 1. The summed E-state index contributed by atoms with van der Waals surface area (Å²) in [5.74, 6) is 3.77. The highest BCUT2D eigenvalue weighted by Gasteiger charge is 2.40. The Bertz CT molecular complexity index is 1430. The van der Waals surface area contributed by atoms with Crippen molar-refractivity contribution in [2.75, 3.05) is 52.9 Å². The number of carbonyl (C=O) groups is 3. The molecule has 11 nitrogen and oxygen atoms in total. The van der Waals surface area contributed by atoms with Gasteiger partial charge in [-0.25, -0.2) is 23.8 Å². The van der Waals surface area contributed by atoms with Crippen LogP contribution in [0.2, 0.25) is 0 Å². The standard InChI is InChI=1S/C26H25FN6O5S/c1-38-25(36)19-12-29-22(23-28-6-10-39-23)30-21(19)15-31-8-9-33-18(13-31)14-32(26(33)37)7-2-3-16-4-5-17(24(34)35)11-20(16)27/h4-6,10-11,18H,7-9,12-15H2,1H3,(H,29,30)(H,34,35)/t18-/m0/s1. The first kappa shape index (κ1) is 26.3. The van der Waals surface area contributed by atoms with E-state index in [9.17, 15) is 18.8 Å². The van der Waals surface area contributed by atoms with Crippen molar-refractivity contribution < 1.29 is 28.6 Å². The number of amides is 2. The van der Waals surface area contributed by atoms with Gasteiger partial charge in [0.15, 0.2) is 10.8 Å². The molecule has 0 radical (unpaired) electrons. The highest BCUT2D eigenvalue weighted by molar-refractivity contribution is 7.11. The fourth-order valence-electron chi connectivity index (χ4n) is 4.74. The Balaban J connectivity index is 1.22. The van der Waals surface area contributed by atoms with Crippen LogP contribution in [0.3, 0.4) is 0 Å². The number of nitrogens with one attached hydrogen (secondary N) is 1. The molecule has 2 saturated heterocycles. The van der Waals surface area contributed by atoms with Crippen LogP contribution in [0.4, 0.5) is 9.18 Å². The first-order valence-corrected chi connectivity index (χ1v) is 13.0. The Kier molecular flexibility index (Phi) is 7.58. The summed E-state index contributed by atoms with van der Waals surface area (Å²) in [7, 11) is 1.34. The van der Waals surface area contributed by atoms with E-state index in [-0.39, 0.29) is 36.3 Å². The van der Waals surface area contributed by atoms with Crippen molar-refractivity contribution >= 4 is 35.1 Å². The van der Waals surface area contributed by atoms with Crippen LogP contribution >= 0.6 is 11.3 Å². The molecule has 2 fully saturated rings. The van der Waals surface area contributed by atoms with Gasteiger partial charge in [-0.2, -0.15) is 0 Å². The van der Waals surface area contributed by atoms with Crippen LogP contribution in [0.15, 0.2) is 46.0 Å². The normalized spacial score (nSPS) is 19.2. The quantitative estimate of drug-likeness (QED) is 0.405. The fraction of sp³-hybridized carbons (Fsp3) is 0.346. The predicted octanol–water partition coefficient (Wildman–Crippen LogP) is 1.23. The molecule has 3 aliphatic heterocycles. The average Bonchev–Trinajstić information content (AvgIpc) is 3.57. The van der Waals surface area contributed by atoms with Crippen LogP contribution < -0.4 is 5.32 Å². The van der Waals surface area contributed by atoms with Crippen molar-refractivity contribution in [2.45, 2.75) is 6.04 Å². The van der Waals surface area contributed by atoms with Crippen LogP contribution in [0.5, 0.6) is 0 Å². The Hall–Kier alpha value is -4.28. The minimum atomic E-state index is -1.22. The van der Waals surface area contributed by atoms with Gasteiger partial charge in [-0.05, 0) is 18.2 Å². The monoisotopic (exact) mass is 552 g/mol. The van der Waals surface area contributed by atoms with Gasteiger partial charge in [0, 0.05) is 50.0 Å². The maximum atomic E-state index is 14.2. The van der Waals surface area contributed by atoms with Crippen molar-refractivity contribution in [3.8, 4) is 11.8 Å². The van der Waals surface area contributed by atoms with Crippen molar-refractivity contribution in [3.63, 3.8) is 0 Å². The number of halogens is 1. The van der Waals surface area contributed by atoms with Crippen molar-refractivity contribution in [3.05, 3.63) is 63.0 Å². The summed E-state index contributed by atoms with van der Waals surface area (Å²) < 4.78 is 19.1. The van der Waals surface area contributed by atoms with Gasteiger partial charge < -0.3 is 25.0 Å². The lowest BCUT2D eigenvalue weighted by Crippen LogP contribution is -2.53. The number of thiazole rings is 1. The lowest BCUT2D eigenvalue weighted by atomic mass is 10.1. The van der Waals surface area contributed by atoms with Crippen LogP contribution in [0.1, 0.15) is 20.9 Å². The predicted molar refractivity (Wildman–Crippen MR) is 140 cm³/mol. The number of carbonyl (C=O) groups excluding carboxylic acids is 2. The van der Waals surface area contributed by atoms with Gasteiger partial charge in [0.25, 0.3) is 0 Å². The lowest BCUT2D eigenvalue weighted by molar-refractivity contribution is -0.136. The van der Waals surface area contributed by atoms with E-state index in [4.69, 9.17) is 9.84 Å². The third kappa shape index (κ3) is 5.62. The SMILES string of the molecule is COC(=O)C1=C(CN2CCN3C(=O)N(CC#Cc4ccc(C(=O)O)cc4F)C[C@@H]3C2)NC(c2nccs2)=NC1. The molecular weight excluding hydrogens is 527 g/mol. The third-order valence-electron chi connectivity index (χ3n) is 6.70. The number of aromatic carboxylic acids is 1. The molecular formula is C26H25FN6O5S. The molecule has 2 amide bonds. The first-order chi connectivity index (χ1) is 18.8. The summed E-state index contributed by atoms with van der Waals surface area (Å²) in [5.41, 5.74) is 1.09. The van der Waals surface area contributed by atoms with Crippen molar-refractivity contribution in [1.82, 2.24) is 25.0 Å². The zero-order valence-corrected chi connectivity index (χ0v) is 21.8. The van der Waals surface area contributed by atoms with E-state index < -0.39 is 17.8 Å². The highest BCUT2D eigenvalue weighted by Crippen LogP contribution is 2.22. The molecule has 1 atom stereocenters. The molecule has 4 heterocycles. The fourth-order valence-corrected chi connectivity index (χ4v) is 5.34. The molecule has 0 saturated carbocycles. The number of fused-ring (bicyclic) bond motifs is 1. The molecule has 0 aliphatic carbocycles. The summed E-state index contributed by atoms with van der Waals surface area (Å²) in [5, 5.41) is 14.8. The zero-order valence-electron chi connectivity index (χ0n) is 21.0. The number of hydrogen-bond donors (Lipinski definition) is 2. The van der Waals surface area contributed by atoms with Gasteiger partial charge in [-0.1, -0.05) is 11.8 Å². The van der Waals surface area contributed by atoms with E-state index >= 15 is 0 Å². The first-order valence-electron chi connectivity index (χ1n) is 12.2. The number of carboxylic acid groups (broad SMARTS) is 1. The highest BCUT2D eigenvalue weighted by atomic mass is 32.1. The van der Waals surface area contributed by atoms with Crippen LogP contribution in [-0.4, -0.2) is 108 Å². The number of amidine groups is 1. The zero-order chi connectivity index (χ0) is 27.5. The lowest BCUT2D eigenvalue weighted by Gasteiger charge is -2.37. The Morgan fingerprint density at radius 3 is 2.87 bits per heavy atom. The average molecular weight is 553 g/mol. The number of carboxylic acids is 1. The smallest absolute Gasteiger partial charge is 0.337 e. The van der Waals surface area contributed by atoms with Crippen molar-refractivity contribution in [1.29, 1.82) is 0 Å². The van der Waals surface area contributed by atoms with E-state index in [2.05, 4.69) is 32.0 Å². The maximum absolute atomic E-state index is 14.2. The number of piperazine rings is 1. The van der Waals surface area contributed by atoms with Crippen LogP contribution in [0.25, 0.3) is 0 Å². The summed E-state index contributed by atoms with van der Waals surface area (Å²) in [4.78, 5) is 50.7. The molecule has 5 rings (SSSR count). The molecule has 0 unspecified atom stereocenters. The number of aliphatic imine (C=N–C) groups is 1. The molecule has 0 spiro atoms. The number of urea groups is 1. The van der Waals surface area contributed by atoms with Gasteiger partial charge in [0.1, 0.15) is 5.82 Å². The molecule has 1 aromatic carbocycles. The summed E-state index contributed by atoms with van der Waals surface area (Å²) in [6, 6.07) is 3.35. The second-order valence-corrected chi connectivity index (χ2v) is 10.0. The van der Waals surface area contributed by atoms with E-state index in [0.717, 1.165) is 11.1 Å². The van der Waals surface area contributed by atoms with Gasteiger partial charge in [0.2, 0.25) is 0 Å².